The summed E-state index contributed by atoms with van der Waals surface area (Å²) in [5.41, 5.74) is 0. The minimum atomic E-state index is 0. The van der Waals surface area contributed by atoms with Crippen LogP contribution in [-0.2, 0) is 17.1 Å². The summed E-state index contributed by atoms with van der Waals surface area (Å²) >= 11 is 0. The van der Waals surface area contributed by atoms with Crippen molar-refractivity contribution < 1.29 is 19.9 Å². The van der Waals surface area contributed by atoms with Gasteiger partial charge in [-0.25, -0.2) is 0 Å². The van der Waals surface area contributed by atoms with E-state index in [4.69, 9.17) is 0 Å². The minimum Gasteiger partial charge on any atom is -1.00 e. The van der Waals surface area contributed by atoms with E-state index in [0.717, 1.165) is 0 Å². The zero-order chi connectivity index (χ0) is 0. The molecule has 0 saturated heterocycles. The first-order valence-electron chi connectivity index (χ1n) is 0. The number of hydrogen-bond donors (Lipinski definition) is 0. The van der Waals surface area contributed by atoms with Crippen molar-refractivity contribution in [2.75, 3.05) is 0 Å². The van der Waals surface area contributed by atoms with E-state index in [1.807, 2.05) is 0 Å². The van der Waals surface area contributed by atoms with Crippen LogP contribution in [0, 0.1) is 0 Å². The van der Waals surface area contributed by atoms with Gasteiger partial charge >= 0.3 is 48.9 Å². The molecule has 0 heterocycles. The monoisotopic (exact) mass is 275 g/mol. The molecule has 0 nitrogen and oxygen atoms in total. The fourth-order valence-corrected chi connectivity index (χ4v) is 0. The quantitative estimate of drug-likeness (QED) is 0.571. The summed E-state index contributed by atoms with van der Waals surface area (Å²) < 4.78 is 0. The van der Waals surface area contributed by atoms with Gasteiger partial charge in [-0.3, -0.25) is 0 Å². The Balaban J connectivity index is 0. The fourth-order valence-electron chi connectivity index (χ4n) is 0. The molecule has 0 fully saturated rings. The predicted molar refractivity (Wildman–Crippen MR) is 22.5 cm³/mol. The standard InChI is InChI=1S/Ba.2ClH.Cu.2H/h;2*1H;;;/q+2;;;;2*-1. The van der Waals surface area contributed by atoms with Crippen LogP contribution in [0.3, 0.4) is 0 Å². The van der Waals surface area contributed by atoms with E-state index < -0.39 is 0 Å². The molecule has 0 spiro atoms. The molecule has 0 aromatic rings. The molecule has 0 aromatic carbocycles. The van der Waals surface area contributed by atoms with Gasteiger partial charge < -0.3 is 2.85 Å². The van der Waals surface area contributed by atoms with Crippen LogP contribution in [0.5, 0.6) is 0 Å². The fraction of sp³-hybridized carbons (Fsp3) is 0. The minimum absolute atomic E-state index is 0. The van der Waals surface area contributed by atoms with Gasteiger partial charge in [0.25, 0.3) is 0 Å². The van der Waals surface area contributed by atoms with E-state index in [-0.39, 0.29) is 93.6 Å². The van der Waals surface area contributed by atoms with Crippen molar-refractivity contribution in [1.82, 2.24) is 0 Å². The van der Waals surface area contributed by atoms with Gasteiger partial charge in [0.1, 0.15) is 0 Å². The Labute approximate surface area is 91.8 Å². The van der Waals surface area contributed by atoms with E-state index in [1.165, 1.54) is 0 Å². The Morgan fingerprint density at radius 2 is 1.00 bits per heavy atom. The molecule has 31 valence electrons. The molecule has 0 N–H and O–H groups in total. The summed E-state index contributed by atoms with van der Waals surface area (Å²) in [5.74, 6) is 0. The molecule has 0 aliphatic heterocycles. The predicted octanol–water partition coefficient (Wildman–Crippen LogP) is 0.685. The van der Waals surface area contributed by atoms with Gasteiger partial charge in [0.2, 0.25) is 0 Å². The topological polar surface area (TPSA) is 0 Å². The van der Waals surface area contributed by atoms with E-state index in [2.05, 4.69) is 0 Å². The average Bonchev–Trinajstić information content (AvgIpc) is 0. The zero-order valence-corrected chi connectivity index (χ0v) is 8.84. The van der Waals surface area contributed by atoms with Crippen LogP contribution in [0.2, 0.25) is 0 Å². The first-order valence-corrected chi connectivity index (χ1v) is 0. The van der Waals surface area contributed by atoms with Gasteiger partial charge in [-0.2, -0.15) is 0 Å². The maximum Gasteiger partial charge on any atom is 2.00 e. The van der Waals surface area contributed by atoms with Crippen molar-refractivity contribution in [1.29, 1.82) is 0 Å². The smallest absolute Gasteiger partial charge is 1.00 e. The third-order valence-electron chi connectivity index (χ3n) is 0. The van der Waals surface area contributed by atoms with Crippen molar-refractivity contribution in [3.8, 4) is 0 Å². The molecule has 0 unspecified atom stereocenters. The van der Waals surface area contributed by atoms with Crippen molar-refractivity contribution >= 4 is 73.7 Å². The van der Waals surface area contributed by atoms with Crippen LogP contribution in [0.15, 0.2) is 0 Å². The molecule has 0 amide bonds. The second-order valence-electron chi connectivity index (χ2n) is 0. The molecule has 0 saturated carbocycles. The zero-order valence-electron chi connectivity index (χ0n) is 3.83. The summed E-state index contributed by atoms with van der Waals surface area (Å²) in [6.45, 7) is 0. The third kappa shape index (κ3) is 8.82. The molecule has 0 aliphatic rings. The molecule has 0 bridgehead atoms. The van der Waals surface area contributed by atoms with Gasteiger partial charge in [-0.1, -0.05) is 0 Å². The van der Waals surface area contributed by atoms with E-state index >= 15 is 0 Å². The summed E-state index contributed by atoms with van der Waals surface area (Å²) in [5, 5.41) is 0. The first-order chi connectivity index (χ1) is 0. The molecular formula is H4BaCl2Cu. The number of halogens is 2. The normalized spacial score (nSPS) is 0. The third-order valence-corrected chi connectivity index (χ3v) is 0. The molecule has 4 heteroatoms. The molecule has 1 radical (unpaired) electrons. The van der Waals surface area contributed by atoms with Crippen molar-refractivity contribution in [3.05, 3.63) is 0 Å². The van der Waals surface area contributed by atoms with Gasteiger partial charge in [0, 0.05) is 17.1 Å². The van der Waals surface area contributed by atoms with Crippen LogP contribution in [-0.4, -0.2) is 48.9 Å². The first kappa shape index (κ1) is 30.1. The maximum absolute atomic E-state index is 0. The molecule has 0 aliphatic carbocycles. The second-order valence-corrected chi connectivity index (χ2v) is 0. The summed E-state index contributed by atoms with van der Waals surface area (Å²) in [4.78, 5) is 0. The molecule has 4 heavy (non-hydrogen) atoms. The molecule has 0 aromatic heterocycles. The van der Waals surface area contributed by atoms with Crippen LogP contribution in [0.25, 0.3) is 0 Å². The maximum atomic E-state index is 0. The van der Waals surface area contributed by atoms with Crippen LogP contribution in [0.4, 0.5) is 0 Å². The van der Waals surface area contributed by atoms with E-state index in [1.54, 1.807) is 0 Å². The Morgan fingerprint density at radius 1 is 1.00 bits per heavy atom. The molecule has 0 atom stereocenters. The van der Waals surface area contributed by atoms with Crippen LogP contribution in [0.1, 0.15) is 2.85 Å². The molecular weight excluding hydrogens is 272 g/mol. The molecule has 0 rings (SSSR count). The average molecular weight is 276 g/mol. The van der Waals surface area contributed by atoms with Gasteiger partial charge in [-0.05, 0) is 0 Å². The SMILES string of the molecule is Cl.Cl.[Ba+2].[Cu].[H-].[H-]. The summed E-state index contributed by atoms with van der Waals surface area (Å²) in [6.07, 6.45) is 0. The Kier molecular flexibility index (Phi) is 130. The van der Waals surface area contributed by atoms with Crippen molar-refractivity contribution in [2.45, 2.75) is 0 Å². The van der Waals surface area contributed by atoms with Crippen molar-refractivity contribution in [2.24, 2.45) is 0 Å². The van der Waals surface area contributed by atoms with E-state index in [0.29, 0.717) is 0 Å². The second kappa shape index (κ2) is 17.3. The van der Waals surface area contributed by atoms with Gasteiger partial charge in [0.15, 0.2) is 0 Å². The van der Waals surface area contributed by atoms with Crippen molar-refractivity contribution in [3.63, 3.8) is 0 Å². The van der Waals surface area contributed by atoms with Gasteiger partial charge in [0.05, 0.1) is 0 Å². The Bertz CT molecular complexity index is 11.5. The Morgan fingerprint density at radius 3 is 1.00 bits per heavy atom. The largest absolute Gasteiger partial charge is 2.00 e. The van der Waals surface area contributed by atoms with Gasteiger partial charge in [-0.15, -0.1) is 24.8 Å². The number of hydrogen-bond acceptors (Lipinski definition) is 0. The number of rotatable bonds is 0. The Hall–Kier alpha value is 2.67. The van der Waals surface area contributed by atoms with E-state index in [9.17, 15) is 0 Å². The summed E-state index contributed by atoms with van der Waals surface area (Å²) in [6, 6.07) is 0. The summed E-state index contributed by atoms with van der Waals surface area (Å²) in [7, 11) is 0. The van der Waals surface area contributed by atoms with Crippen LogP contribution >= 0.6 is 24.8 Å². The van der Waals surface area contributed by atoms with Crippen LogP contribution < -0.4 is 0 Å².